The maximum absolute atomic E-state index is 12.0. The summed E-state index contributed by atoms with van der Waals surface area (Å²) in [6.45, 7) is 4.57. The van der Waals surface area contributed by atoms with E-state index in [1.54, 1.807) is 19.1 Å². The highest BCUT2D eigenvalue weighted by Crippen LogP contribution is 2.49. The Hall–Kier alpha value is -2.28. The van der Waals surface area contributed by atoms with Gasteiger partial charge in [-0.3, -0.25) is 9.59 Å². The molecule has 180 valence electrons. The Kier molecular flexibility index (Phi) is 9.82. The summed E-state index contributed by atoms with van der Waals surface area (Å²) in [5.74, 6) is -0.218. The fourth-order valence-electron chi connectivity index (χ4n) is 4.99. The molecule has 2 rings (SSSR count). The van der Waals surface area contributed by atoms with Crippen molar-refractivity contribution in [1.82, 2.24) is 0 Å². The first kappa shape index (κ1) is 26.0. The number of aliphatic hydroxyl groups is 1. The van der Waals surface area contributed by atoms with E-state index in [0.29, 0.717) is 31.4 Å². The third-order valence-electron chi connectivity index (χ3n) is 6.46. The number of hydrogen-bond acceptors (Lipinski definition) is 7. The van der Waals surface area contributed by atoms with E-state index in [9.17, 15) is 19.8 Å². The average molecular weight is 451 g/mol. The monoisotopic (exact) mass is 450 g/mol. The lowest BCUT2D eigenvalue weighted by molar-refractivity contribution is -0.174. The van der Waals surface area contributed by atoms with Gasteiger partial charge in [0.1, 0.15) is 12.2 Å². The molecule has 32 heavy (non-hydrogen) atoms. The van der Waals surface area contributed by atoms with E-state index >= 15 is 0 Å². The minimum Gasteiger partial charge on any atom is -0.504 e. The first-order valence-corrected chi connectivity index (χ1v) is 11.6. The zero-order valence-corrected chi connectivity index (χ0v) is 19.8. The summed E-state index contributed by atoms with van der Waals surface area (Å²) < 4.78 is 16.9. The number of hydrogen-bond donors (Lipinski definition) is 2. The van der Waals surface area contributed by atoms with Crippen LogP contribution in [0, 0.1) is 5.41 Å². The van der Waals surface area contributed by atoms with Gasteiger partial charge < -0.3 is 24.4 Å². The summed E-state index contributed by atoms with van der Waals surface area (Å²) >= 11 is 0. The molecule has 1 aromatic carbocycles. The Bertz CT molecular complexity index is 753. The van der Waals surface area contributed by atoms with E-state index < -0.39 is 17.6 Å². The first-order chi connectivity index (χ1) is 15.2. The van der Waals surface area contributed by atoms with Crippen LogP contribution >= 0.6 is 0 Å². The second-order valence-corrected chi connectivity index (χ2v) is 8.96. The van der Waals surface area contributed by atoms with Crippen LogP contribution in [0.4, 0.5) is 0 Å². The molecule has 1 aliphatic rings. The van der Waals surface area contributed by atoms with Gasteiger partial charge in [0.15, 0.2) is 11.5 Å². The van der Waals surface area contributed by atoms with Crippen LogP contribution in [0.25, 0.3) is 0 Å². The maximum Gasteiger partial charge on any atom is 0.302 e. The van der Waals surface area contributed by atoms with Crippen LogP contribution in [0.3, 0.4) is 0 Å². The number of aryl methyl sites for hydroxylation is 1. The van der Waals surface area contributed by atoms with Crippen molar-refractivity contribution >= 4 is 11.9 Å². The van der Waals surface area contributed by atoms with E-state index in [1.807, 2.05) is 6.07 Å². The molecule has 0 spiro atoms. The predicted molar refractivity (Wildman–Crippen MR) is 121 cm³/mol. The van der Waals surface area contributed by atoms with Crippen molar-refractivity contribution in [1.29, 1.82) is 0 Å². The quantitative estimate of drug-likeness (QED) is 0.458. The SMILES string of the molecule is COc1cc(CC[C@H](OC(C)=O)C2([C@@H](CCC[C@H](C)O)OC(C)=O)CCCC2)ccc1O. The van der Waals surface area contributed by atoms with Crippen LogP contribution in [-0.2, 0) is 25.5 Å². The highest BCUT2D eigenvalue weighted by molar-refractivity contribution is 5.67. The van der Waals surface area contributed by atoms with Gasteiger partial charge in [-0.05, 0) is 69.6 Å². The summed E-state index contributed by atoms with van der Waals surface area (Å²) in [4.78, 5) is 24.0. The average Bonchev–Trinajstić information content (AvgIpc) is 3.21. The molecule has 1 saturated carbocycles. The summed E-state index contributed by atoms with van der Waals surface area (Å²) in [6, 6.07) is 5.21. The van der Waals surface area contributed by atoms with Gasteiger partial charge >= 0.3 is 11.9 Å². The smallest absolute Gasteiger partial charge is 0.302 e. The van der Waals surface area contributed by atoms with Crippen LogP contribution in [0.5, 0.6) is 11.5 Å². The van der Waals surface area contributed by atoms with Gasteiger partial charge in [-0.1, -0.05) is 18.9 Å². The van der Waals surface area contributed by atoms with Gasteiger partial charge in [0, 0.05) is 19.3 Å². The van der Waals surface area contributed by atoms with Crippen LogP contribution in [-0.4, -0.2) is 47.6 Å². The molecule has 3 atom stereocenters. The summed E-state index contributed by atoms with van der Waals surface area (Å²) in [6.07, 6.45) is 5.57. The third-order valence-corrected chi connectivity index (χ3v) is 6.46. The van der Waals surface area contributed by atoms with E-state index in [2.05, 4.69) is 0 Å². The van der Waals surface area contributed by atoms with Crippen molar-refractivity contribution in [2.75, 3.05) is 7.11 Å². The highest BCUT2D eigenvalue weighted by Gasteiger charge is 2.50. The normalized spacial score (nSPS) is 17.9. The third kappa shape index (κ3) is 7.12. The zero-order chi connectivity index (χ0) is 23.7. The summed E-state index contributed by atoms with van der Waals surface area (Å²) in [5.41, 5.74) is 0.514. The van der Waals surface area contributed by atoms with Gasteiger partial charge in [-0.2, -0.15) is 0 Å². The molecule has 0 saturated heterocycles. The number of methoxy groups -OCH3 is 1. The molecular formula is C25H38O7. The molecule has 0 bridgehead atoms. The molecule has 7 nitrogen and oxygen atoms in total. The van der Waals surface area contributed by atoms with Gasteiger partial charge in [-0.15, -0.1) is 0 Å². The van der Waals surface area contributed by atoms with Gasteiger partial charge in [-0.25, -0.2) is 0 Å². The van der Waals surface area contributed by atoms with Crippen LogP contribution < -0.4 is 4.74 Å². The number of carbonyl (C=O) groups is 2. The van der Waals surface area contributed by atoms with Gasteiger partial charge in [0.25, 0.3) is 0 Å². The molecule has 1 aromatic rings. The number of phenolic OH excluding ortho intramolecular Hbond substituents is 1. The molecular weight excluding hydrogens is 412 g/mol. The summed E-state index contributed by atoms with van der Waals surface area (Å²) in [7, 11) is 1.50. The van der Waals surface area contributed by atoms with Crippen LogP contribution in [0.15, 0.2) is 18.2 Å². The van der Waals surface area contributed by atoms with E-state index in [1.165, 1.54) is 21.0 Å². The molecule has 0 amide bonds. The molecule has 0 radical (unpaired) electrons. The van der Waals surface area contributed by atoms with Gasteiger partial charge in [0.05, 0.1) is 13.2 Å². The number of esters is 2. The Balaban J connectivity index is 2.28. The number of ether oxygens (including phenoxy) is 3. The van der Waals surface area contributed by atoms with E-state index in [-0.39, 0.29) is 23.8 Å². The number of carbonyl (C=O) groups excluding carboxylic acids is 2. The topological polar surface area (TPSA) is 102 Å². The van der Waals surface area contributed by atoms with E-state index in [4.69, 9.17) is 14.2 Å². The number of rotatable bonds is 12. The molecule has 1 aliphatic carbocycles. The number of aliphatic hydroxyl groups excluding tert-OH is 1. The molecule has 0 aliphatic heterocycles. The predicted octanol–water partition coefficient (Wildman–Crippen LogP) is 4.31. The number of benzene rings is 1. The fraction of sp³-hybridized carbons (Fsp3) is 0.680. The molecule has 0 aromatic heterocycles. The first-order valence-electron chi connectivity index (χ1n) is 11.6. The number of phenols is 1. The van der Waals surface area contributed by atoms with E-state index in [0.717, 1.165) is 37.7 Å². The minimum atomic E-state index is -0.447. The van der Waals surface area contributed by atoms with Crippen molar-refractivity contribution < 1.29 is 34.0 Å². The second kappa shape index (κ2) is 12.1. The minimum absolute atomic E-state index is 0.0769. The lowest BCUT2D eigenvalue weighted by Crippen LogP contribution is -2.47. The van der Waals surface area contributed by atoms with Crippen molar-refractivity contribution in [3.8, 4) is 11.5 Å². The molecule has 1 fully saturated rings. The number of aromatic hydroxyl groups is 1. The van der Waals surface area contributed by atoms with Crippen molar-refractivity contribution in [3.05, 3.63) is 23.8 Å². The fourth-order valence-corrected chi connectivity index (χ4v) is 4.99. The summed E-state index contributed by atoms with van der Waals surface area (Å²) in [5, 5.41) is 19.5. The van der Waals surface area contributed by atoms with Crippen molar-refractivity contribution in [2.45, 2.75) is 96.9 Å². The van der Waals surface area contributed by atoms with Crippen molar-refractivity contribution in [2.24, 2.45) is 5.41 Å². The lowest BCUT2D eigenvalue weighted by atomic mass is 9.71. The van der Waals surface area contributed by atoms with Crippen LogP contribution in [0.1, 0.15) is 77.7 Å². The standard InChI is InChI=1S/C25H38O7/c1-17(26)8-7-9-23(31-18(2)27)25(14-5-6-15-25)24(32-19(3)28)13-11-20-10-12-21(29)22(16-20)30-4/h10,12,16-17,23-24,26,29H,5-9,11,13-15H2,1-4H3/t17-,23+,24-/m0/s1. The highest BCUT2D eigenvalue weighted by atomic mass is 16.6. The Morgan fingerprint density at radius 2 is 1.62 bits per heavy atom. The molecule has 2 N–H and O–H groups in total. The second-order valence-electron chi connectivity index (χ2n) is 8.96. The Morgan fingerprint density at radius 1 is 1.03 bits per heavy atom. The largest absolute Gasteiger partial charge is 0.504 e. The van der Waals surface area contributed by atoms with Crippen molar-refractivity contribution in [3.63, 3.8) is 0 Å². The van der Waals surface area contributed by atoms with Crippen LogP contribution in [0.2, 0.25) is 0 Å². The zero-order valence-electron chi connectivity index (χ0n) is 19.8. The molecule has 0 heterocycles. The lowest BCUT2D eigenvalue weighted by Gasteiger charge is -2.42. The molecule has 0 unspecified atom stereocenters. The molecule has 7 heteroatoms. The maximum atomic E-state index is 12.0. The Morgan fingerprint density at radius 3 is 2.16 bits per heavy atom. The Labute approximate surface area is 191 Å². The van der Waals surface area contributed by atoms with Gasteiger partial charge in [0.2, 0.25) is 0 Å².